The molecule has 1 atom stereocenters. The third kappa shape index (κ3) is 3.83. The van der Waals surface area contributed by atoms with Crippen LogP contribution in [-0.4, -0.2) is 24.0 Å². The lowest BCUT2D eigenvalue weighted by Gasteiger charge is -2.37. The summed E-state index contributed by atoms with van der Waals surface area (Å²) in [4.78, 5) is 2.69. The minimum atomic E-state index is 0.375. The molecule has 0 radical (unpaired) electrons. The van der Waals surface area contributed by atoms with Gasteiger partial charge >= 0.3 is 0 Å². The molecule has 0 spiro atoms. The van der Waals surface area contributed by atoms with Crippen LogP contribution in [0.25, 0.3) is 0 Å². The Morgan fingerprint density at radius 2 is 1.95 bits per heavy atom. The molecule has 1 saturated carbocycles. The first kappa shape index (κ1) is 15.5. The predicted molar refractivity (Wildman–Crippen MR) is 86.8 cm³/mol. The van der Waals surface area contributed by atoms with Gasteiger partial charge in [0.15, 0.2) is 0 Å². The first-order valence-corrected chi connectivity index (χ1v) is 8.14. The molecule has 1 aliphatic rings. The monoisotopic (exact) mass is 274 g/mol. The Kier molecular flexibility index (Phi) is 5.62. The van der Waals surface area contributed by atoms with E-state index in [4.69, 9.17) is 5.73 Å². The first-order chi connectivity index (χ1) is 9.61. The van der Waals surface area contributed by atoms with Crippen molar-refractivity contribution in [1.29, 1.82) is 0 Å². The van der Waals surface area contributed by atoms with Gasteiger partial charge in [-0.25, -0.2) is 0 Å². The molecular formula is C18H30N2. The number of nitrogens with zero attached hydrogens (tertiary/aromatic N) is 1. The molecule has 1 aromatic carbocycles. The number of rotatable bonds is 6. The molecule has 112 valence electrons. The van der Waals surface area contributed by atoms with Crippen LogP contribution in [-0.2, 0) is 0 Å². The van der Waals surface area contributed by atoms with E-state index in [-0.39, 0.29) is 0 Å². The van der Waals surface area contributed by atoms with Crippen molar-refractivity contribution in [2.24, 2.45) is 11.7 Å². The number of hydrogen-bond acceptors (Lipinski definition) is 2. The van der Waals surface area contributed by atoms with Gasteiger partial charge in [-0.05, 0) is 31.2 Å². The second-order valence-corrected chi connectivity index (χ2v) is 6.69. The summed E-state index contributed by atoms with van der Waals surface area (Å²) in [7, 11) is 0. The fourth-order valence-corrected chi connectivity index (χ4v) is 3.53. The molecule has 2 heteroatoms. The molecule has 0 saturated heterocycles. The molecule has 1 aliphatic carbocycles. The lowest BCUT2D eigenvalue weighted by Crippen LogP contribution is -2.42. The van der Waals surface area contributed by atoms with Crippen molar-refractivity contribution in [2.75, 3.05) is 13.1 Å². The maximum absolute atomic E-state index is 6.16. The van der Waals surface area contributed by atoms with E-state index in [0.717, 1.165) is 12.6 Å². The summed E-state index contributed by atoms with van der Waals surface area (Å²) in [5.41, 5.74) is 8.88. The summed E-state index contributed by atoms with van der Waals surface area (Å²) in [5, 5.41) is 0. The van der Waals surface area contributed by atoms with Crippen LogP contribution in [0.3, 0.4) is 0 Å². The Balaban J connectivity index is 2.23. The molecule has 2 rings (SSSR count). The quantitative estimate of drug-likeness (QED) is 0.852. The molecule has 2 nitrogen and oxygen atoms in total. The van der Waals surface area contributed by atoms with Crippen LogP contribution in [0.1, 0.15) is 56.7 Å². The van der Waals surface area contributed by atoms with Gasteiger partial charge in [0.25, 0.3) is 0 Å². The van der Waals surface area contributed by atoms with Gasteiger partial charge in [-0.2, -0.15) is 0 Å². The smallest absolute Gasteiger partial charge is 0.0473 e. The highest BCUT2D eigenvalue weighted by atomic mass is 15.2. The van der Waals surface area contributed by atoms with E-state index in [0.29, 0.717) is 18.5 Å². The average Bonchev–Trinajstić information content (AvgIpc) is 2.92. The van der Waals surface area contributed by atoms with Crippen LogP contribution in [0.2, 0.25) is 0 Å². The van der Waals surface area contributed by atoms with Gasteiger partial charge in [0.2, 0.25) is 0 Å². The van der Waals surface area contributed by atoms with Crippen molar-refractivity contribution in [3.8, 4) is 0 Å². The summed E-state index contributed by atoms with van der Waals surface area (Å²) in [5.74, 6) is 0.689. The molecule has 0 heterocycles. The SMILES string of the molecule is Cc1cccc(C(CN)N(CC(C)C)C2CCCC2)c1. The highest BCUT2D eigenvalue weighted by Gasteiger charge is 2.29. The Labute approximate surface area is 124 Å². The topological polar surface area (TPSA) is 29.3 Å². The van der Waals surface area contributed by atoms with Gasteiger partial charge in [-0.15, -0.1) is 0 Å². The zero-order chi connectivity index (χ0) is 14.5. The van der Waals surface area contributed by atoms with E-state index in [1.807, 2.05) is 0 Å². The molecule has 20 heavy (non-hydrogen) atoms. The van der Waals surface area contributed by atoms with Gasteiger partial charge in [-0.3, -0.25) is 4.90 Å². The molecule has 0 aromatic heterocycles. The highest BCUT2D eigenvalue weighted by Crippen LogP contribution is 2.31. The lowest BCUT2D eigenvalue weighted by atomic mass is 9.99. The standard InChI is InChI=1S/C18H30N2/c1-14(2)13-20(17-9-4-5-10-17)18(12-19)16-8-6-7-15(3)11-16/h6-8,11,14,17-18H,4-5,9-10,12-13,19H2,1-3H3. The van der Waals surface area contributed by atoms with Crippen LogP contribution in [0.5, 0.6) is 0 Å². The maximum Gasteiger partial charge on any atom is 0.0473 e. The molecule has 0 bridgehead atoms. The van der Waals surface area contributed by atoms with Crippen molar-refractivity contribution < 1.29 is 0 Å². The van der Waals surface area contributed by atoms with Crippen molar-refractivity contribution in [1.82, 2.24) is 4.90 Å². The van der Waals surface area contributed by atoms with Crippen LogP contribution in [0.4, 0.5) is 0 Å². The Morgan fingerprint density at radius 3 is 2.50 bits per heavy atom. The Morgan fingerprint density at radius 1 is 1.25 bits per heavy atom. The van der Waals surface area contributed by atoms with Crippen LogP contribution >= 0.6 is 0 Å². The number of aryl methyl sites for hydroxylation is 1. The molecule has 1 fully saturated rings. The van der Waals surface area contributed by atoms with E-state index in [1.54, 1.807) is 0 Å². The fourth-order valence-electron chi connectivity index (χ4n) is 3.53. The summed E-state index contributed by atoms with van der Waals surface area (Å²) >= 11 is 0. The van der Waals surface area contributed by atoms with E-state index in [1.165, 1.54) is 36.8 Å². The van der Waals surface area contributed by atoms with Crippen LogP contribution < -0.4 is 5.73 Å². The van der Waals surface area contributed by atoms with E-state index >= 15 is 0 Å². The lowest BCUT2D eigenvalue weighted by molar-refractivity contribution is 0.121. The minimum Gasteiger partial charge on any atom is -0.329 e. The van der Waals surface area contributed by atoms with Gasteiger partial charge < -0.3 is 5.73 Å². The number of nitrogens with two attached hydrogens (primary N) is 1. The minimum absolute atomic E-state index is 0.375. The average molecular weight is 274 g/mol. The fraction of sp³-hybridized carbons (Fsp3) is 0.667. The molecular weight excluding hydrogens is 244 g/mol. The second kappa shape index (κ2) is 7.24. The van der Waals surface area contributed by atoms with E-state index in [9.17, 15) is 0 Å². The summed E-state index contributed by atoms with van der Waals surface area (Å²) < 4.78 is 0. The zero-order valence-electron chi connectivity index (χ0n) is 13.3. The summed E-state index contributed by atoms with van der Waals surface area (Å²) in [6.45, 7) is 8.66. The van der Waals surface area contributed by atoms with Gasteiger partial charge in [-0.1, -0.05) is 56.5 Å². The van der Waals surface area contributed by atoms with Crippen LogP contribution in [0, 0.1) is 12.8 Å². The second-order valence-electron chi connectivity index (χ2n) is 6.69. The van der Waals surface area contributed by atoms with Gasteiger partial charge in [0, 0.05) is 25.2 Å². The Hall–Kier alpha value is -0.860. The van der Waals surface area contributed by atoms with Crippen molar-refractivity contribution >= 4 is 0 Å². The van der Waals surface area contributed by atoms with Crippen LogP contribution in [0.15, 0.2) is 24.3 Å². The zero-order valence-corrected chi connectivity index (χ0v) is 13.3. The summed E-state index contributed by atoms with van der Waals surface area (Å²) in [6, 6.07) is 9.98. The maximum atomic E-state index is 6.16. The first-order valence-electron chi connectivity index (χ1n) is 8.14. The molecule has 2 N–H and O–H groups in total. The molecule has 0 aliphatic heterocycles. The van der Waals surface area contributed by atoms with E-state index in [2.05, 4.69) is 49.9 Å². The van der Waals surface area contributed by atoms with Gasteiger partial charge in [0.1, 0.15) is 0 Å². The molecule has 1 unspecified atom stereocenters. The Bertz CT molecular complexity index is 408. The van der Waals surface area contributed by atoms with Crippen molar-refractivity contribution in [3.63, 3.8) is 0 Å². The van der Waals surface area contributed by atoms with Crippen molar-refractivity contribution in [3.05, 3.63) is 35.4 Å². The molecule has 1 aromatic rings. The predicted octanol–water partition coefficient (Wildman–Crippen LogP) is 3.90. The molecule has 0 amide bonds. The largest absolute Gasteiger partial charge is 0.329 e. The van der Waals surface area contributed by atoms with Gasteiger partial charge in [0.05, 0.1) is 0 Å². The van der Waals surface area contributed by atoms with Crippen molar-refractivity contribution in [2.45, 2.75) is 58.5 Å². The highest BCUT2D eigenvalue weighted by molar-refractivity contribution is 5.25. The third-order valence-electron chi connectivity index (χ3n) is 4.42. The third-order valence-corrected chi connectivity index (χ3v) is 4.42. The normalized spacial score (nSPS) is 18.1. The van der Waals surface area contributed by atoms with E-state index < -0.39 is 0 Å². The number of hydrogen-bond donors (Lipinski definition) is 1. The number of benzene rings is 1. The summed E-state index contributed by atoms with van der Waals surface area (Å²) in [6.07, 6.45) is 5.44.